The number of carboxylic acids is 1. The topological polar surface area (TPSA) is 93.1 Å². The number of phenols is 1. The van der Waals surface area contributed by atoms with E-state index in [0.29, 0.717) is 22.4 Å². The van der Waals surface area contributed by atoms with Gasteiger partial charge in [-0.1, -0.05) is 26.8 Å². The van der Waals surface area contributed by atoms with Crippen molar-refractivity contribution in [3.63, 3.8) is 0 Å². The Morgan fingerprint density at radius 1 is 1.11 bits per heavy atom. The van der Waals surface area contributed by atoms with E-state index < -0.39 is 11.9 Å². The van der Waals surface area contributed by atoms with Crippen LogP contribution < -0.4 is 4.74 Å². The van der Waals surface area contributed by atoms with Crippen molar-refractivity contribution in [2.45, 2.75) is 39.7 Å². The summed E-state index contributed by atoms with van der Waals surface area (Å²) in [4.78, 5) is 23.5. The molecular formula is C21H24O6. The Labute approximate surface area is 158 Å². The van der Waals surface area contributed by atoms with Crippen LogP contribution in [0.4, 0.5) is 0 Å². The molecule has 2 rings (SSSR count). The fourth-order valence-corrected chi connectivity index (χ4v) is 2.72. The molecule has 0 radical (unpaired) electrons. The van der Waals surface area contributed by atoms with E-state index in [-0.39, 0.29) is 23.3 Å². The quantitative estimate of drug-likeness (QED) is 0.769. The van der Waals surface area contributed by atoms with Crippen LogP contribution in [-0.2, 0) is 16.8 Å². The van der Waals surface area contributed by atoms with E-state index in [1.807, 2.05) is 20.8 Å². The van der Waals surface area contributed by atoms with Crippen LogP contribution in [0.2, 0.25) is 0 Å². The van der Waals surface area contributed by atoms with Crippen molar-refractivity contribution in [2.75, 3.05) is 7.11 Å². The molecule has 0 unspecified atom stereocenters. The summed E-state index contributed by atoms with van der Waals surface area (Å²) < 4.78 is 10.7. The lowest BCUT2D eigenvalue weighted by Gasteiger charge is -2.22. The smallest absolute Gasteiger partial charge is 0.339 e. The lowest BCUT2D eigenvalue weighted by molar-refractivity contribution is 0.0470. The zero-order valence-electron chi connectivity index (χ0n) is 16.1. The van der Waals surface area contributed by atoms with Crippen molar-refractivity contribution in [2.24, 2.45) is 0 Å². The van der Waals surface area contributed by atoms with E-state index in [2.05, 4.69) is 0 Å². The molecule has 2 N–H and O–H groups in total. The molecule has 0 bridgehead atoms. The van der Waals surface area contributed by atoms with Gasteiger partial charge < -0.3 is 19.7 Å². The number of rotatable bonds is 5. The van der Waals surface area contributed by atoms with Gasteiger partial charge >= 0.3 is 11.9 Å². The average molecular weight is 372 g/mol. The first-order valence-corrected chi connectivity index (χ1v) is 8.46. The molecule has 0 aliphatic rings. The monoisotopic (exact) mass is 372 g/mol. The van der Waals surface area contributed by atoms with Crippen molar-refractivity contribution in [1.82, 2.24) is 0 Å². The minimum absolute atomic E-state index is 0.0744. The molecular weight excluding hydrogens is 348 g/mol. The van der Waals surface area contributed by atoms with Gasteiger partial charge in [0.1, 0.15) is 23.7 Å². The normalized spacial score (nSPS) is 11.1. The fraction of sp³-hybridized carbons (Fsp3) is 0.333. The molecule has 6 nitrogen and oxygen atoms in total. The number of benzene rings is 2. The summed E-state index contributed by atoms with van der Waals surface area (Å²) >= 11 is 0. The summed E-state index contributed by atoms with van der Waals surface area (Å²) in [6.07, 6.45) is 0. The molecule has 6 heteroatoms. The first-order chi connectivity index (χ1) is 12.6. The number of carbonyl (C=O) groups is 2. The highest BCUT2D eigenvalue weighted by Crippen LogP contribution is 2.32. The molecule has 2 aromatic rings. The van der Waals surface area contributed by atoms with Gasteiger partial charge in [0.15, 0.2) is 0 Å². The van der Waals surface area contributed by atoms with Crippen LogP contribution in [0, 0.1) is 6.92 Å². The number of carboxylic acid groups (broad SMARTS) is 1. The third-order valence-corrected chi connectivity index (χ3v) is 4.38. The number of hydrogen-bond acceptors (Lipinski definition) is 5. The Kier molecular flexibility index (Phi) is 5.78. The number of hydrogen-bond donors (Lipinski definition) is 2. The summed E-state index contributed by atoms with van der Waals surface area (Å²) in [7, 11) is 1.58. The molecule has 0 fully saturated rings. The van der Waals surface area contributed by atoms with Crippen LogP contribution >= 0.6 is 0 Å². The van der Waals surface area contributed by atoms with Gasteiger partial charge in [-0.3, -0.25) is 0 Å². The molecule has 0 aliphatic carbocycles. The molecule has 0 spiro atoms. The van der Waals surface area contributed by atoms with Gasteiger partial charge in [-0.2, -0.15) is 0 Å². The number of methoxy groups -OCH3 is 1. The molecule has 0 amide bonds. The largest absolute Gasteiger partial charge is 0.507 e. The van der Waals surface area contributed by atoms with E-state index in [9.17, 15) is 14.7 Å². The first-order valence-electron chi connectivity index (χ1n) is 8.46. The van der Waals surface area contributed by atoms with Crippen LogP contribution in [0.25, 0.3) is 0 Å². The molecule has 144 valence electrons. The second kappa shape index (κ2) is 7.70. The van der Waals surface area contributed by atoms with Crippen molar-refractivity contribution in [3.8, 4) is 11.5 Å². The van der Waals surface area contributed by atoms with Gasteiger partial charge in [-0.15, -0.1) is 0 Å². The molecule has 27 heavy (non-hydrogen) atoms. The zero-order chi connectivity index (χ0) is 20.4. The minimum Gasteiger partial charge on any atom is -0.507 e. The van der Waals surface area contributed by atoms with E-state index in [0.717, 1.165) is 5.56 Å². The standard InChI is InChI=1S/C21H24O6/c1-12-14(6-8-15(18(12)22)19(23)24)11-27-20(25)13-7-9-17(26-5)16(10-13)21(2,3)4/h6-10,22H,11H2,1-5H3,(H,23,24). The van der Waals surface area contributed by atoms with Gasteiger partial charge in [0.2, 0.25) is 0 Å². The number of ether oxygens (including phenoxy) is 2. The maximum absolute atomic E-state index is 12.4. The number of carbonyl (C=O) groups excluding carboxylic acids is 1. The molecule has 0 aromatic heterocycles. The van der Waals surface area contributed by atoms with Crippen LogP contribution in [0.5, 0.6) is 11.5 Å². The molecule has 0 atom stereocenters. The maximum atomic E-state index is 12.4. The Morgan fingerprint density at radius 3 is 2.33 bits per heavy atom. The SMILES string of the molecule is COc1ccc(C(=O)OCc2ccc(C(=O)O)c(O)c2C)cc1C(C)(C)C. The highest BCUT2D eigenvalue weighted by molar-refractivity contribution is 5.92. The van der Waals surface area contributed by atoms with Crippen molar-refractivity contribution >= 4 is 11.9 Å². The molecule has 0 aliphatic heterocycles. The van der Waals surface area contributed by atoms with Crippen LogP contribution in [-0.4, -0.2) is 29.3 Å². The van der Waals surface area contributed by atoms with E-state index >= 15 is 0 Å². The highest BCUT2D eigenvalue weighted by atomic mass is 16.5. The van der Waals surface area contributed by atoms with Gasteiger partial charge in [0.05, 0.1) is 12.7 Å². The molecule has 0 saturated carbocycles. The van der Waals surface area contributed by atoms with E-state index in [4.69, 9.17) is 14.6 Å². The highest BCUT2D eigenvalue weighted by Gasteiger charge is 2.21. The predicted octanol–water partition coefficient (Wildman–Crippen LogP) is 4.06. The van der Waals surface area contributed by atoms with Crippen molar-refractivity contribution in [1.29, 1.82) is 0 Å². The zero-order valence-corrected chi connectivity index (χ0v) is 16.1. The van der Waals surface area contributed by atoms with Crippen molar-refractivity contribution in [3.05, 3.63) is 58.1 Å². The molecule has 2 aromatic carbocycles. The summed E-state index contributed by atoms with van der Waals surface area (Å²) in [5, 5.41) is 19.0. The average Bonchev–Trinajstić information content (AvgIpc) is 2.61. The Balaban J connectivity index is 2.22. The first kappa shape index (κ1) is 20.3. The molecule has 0 saturated heterocycles. The summed E-state index contributed by atoms with van der Waals surface area (Å²) in [5.41, 5.74) is 1.79. The van der Waals surface area contributed by atoms with E-state index in [1.54, 1.807) is 32.2 Å². The lowest BCUT2D eigenvalue weighted by atomic mass is 9.85. The third kappa shape index (κ3) is 4.39. The Bertz CT molecular complexity index is 877. The second-order valence-electron chi connectivity index (χ2n) is 7.29. The van der Waals surface area contributed by atoms with Crippen LogP contribution in [0.15, 0.2) is 30.3 Å². The summed E-state index contributed by atoms with van der Waals surface area (Å²) in [5.74, 6) is -1.35. The van der Waals surface area contributed by atoms with Gasteiger partial charge in [0.25, 0.3) is 0 Å². The third-order valence-electron chi connectivity index (χ3n) is 4.38. The Morgan fingerprint density at radius 2 is 1.78 bits per heavy atom. The number of esters is 1. The van der Waals surface area contributed by atoms with E-state index in [1.165, 1.54) is 12.1 Å². The number of aromatic hydroxyl groups is 1. The lowest BCUT2D eigenvalue weighted by Crippen LogP contribution is -2.15. The summed E-state index contributed by atoms with van der Waals surface area (Å²) in [6.45, 7) is 7.58. The second-order valence-corrected chi connectivity index (χ2v) is 7.29. The fourth-order valence-electron chi connectivity index (χ4n) is 2.72. The van der Waals surface area contributed by atoms with Gasteiger partial charge in [-0.05, 0) is 47.7 Å². The minimum atomic E-state index is -1.22. The maximum Gasteiger partial charge on any atom is 0.339 e. The Hall–Kier alpha value is -3.02. The predicted molar refractivity (Wildman–Crippen MR) is 101 cm³/mol. The molecule has 0 heterocycles. The number of aromatic carboxylic acids is 1. The summed E-state index contributed by atoms with van der Waals surface area (Å²) in [6, 6.07) is 7.93. The van der Waals surface area contributed by atoms with Crippen molar-refractivity contribution < 1.29 is 29.3 Å². The van der Waals surface area contributed by atoms with Crippen LogP contribution in [0.3, 0.4) is 0 Å². The van der Waals surface area contributed by atoms with Gasteiger partial charge in [-0.25, -0.2) is 9.59 Å². The van der Waals surface area contributed by atoms with Gasteiger partial charge in [0, 0.05) is 5.56 Å². The van der Waals surface area contributed by atoms with Crippen LogP contribution in [0.1, 0.15) is 58.2 Å².